The number of aromatic nitrogens is 2. The zero-order valence-electron chi connectivity index (χ0n) is 11.7. The predicted octanol–water partition coefficient (Wildman–Crippen LogP) is -0.542. The molecule has 0 fully saturated rings. The topological polar surface area (TPSA) is 70.8 Å². The van der Waals surface area contributed by atoms with Crippen molar-refractivity contribution in [1.29, 1.82) is 0 Å². The molecule has 0 radical (unpaired) electrons. The van der Waals surface area contributed by atoms with E-state index in [-0.39, 0.29) is 0 Å². The molecule has 1 aromatic heterocycles. The van der Waals surface area contributed by atoms with Gasteiger partial charge >= 0.3 is 7.12 Å². The minimum absolute atomic E-state index is 0.463. The minimum Gasteiger partial charge on any atom is -0.492 e. The quantitative estimate of drug-likeness (QED) is 0.723. The van der Waals surface area contributed by atoms with Crippen LogP contribution in [0, 0.1) is 0 Å². The molecule has 2 N–H and O–H groups in total. The van der Waals surface area contributed by atoms with Gasteiger partial charge in [-0.1, -0.05) is 12.1 Å². The molecule has 0 unspecified atom stereocenters. The number of imidazole rings is 1. The smallest absolute Gasteiger partial charge is 0.488 e. The fourth-order valence-corrected chi connectivity index (χ4v) is 2.44. The van der Waals surface area contributed by atoms with E-state index in [2.05, 4.69) is 14.5 Å². The van der Waals surface area contributed by atoms with Crippen molar-refractivity contribution >= 4 is 12.6 Å². The lowest BCUT2D eigenvalue weighted by Crippen LogP contribution is -2.36. The number of rotatable bonds is 5. The van der Waals surface area contributed by atoms with Gasteiger partial charge < -0.3 is 19.4 Å². The molecule has 0 spiro atoms. The van der Waals surface area contributed by atoms with Gasteiger partial charge in [-0.15, -0.1) is 0 Å². The summed E-state index contributed by atoms with van der Waals surface area (Å²) in [6.07, 6.45) is 3.85. The number of hydrogen-bond donors (Lipinski definition) is 2. The Balaban J connectivity index is 1.46. The number of benzene rings is 1. The molecule has 1 aliphatic heterocycles. The summed E-state index contributed by atoms with van der Waals surface area (Å²) < 4.78 is 7.86. The third kappa shape index (κ3) is 3.44. The highest BCUT2D eigenvalue weighted by Gasteiger charge is 2.16. The van der Waals surface area contributed by atoms with E-state index in [0.717, 1.165) is 37.8 Å². The highest BCUT2D eigenvalue weighted by atomic mass is 16.5. The maximum atomic E-state index is 9.02. The zero-order chi connectivity index (χ0) is 14.7. The summed E-state index contributed by atoms with van der Waals surface area (Å²) >= 11 is 0. The van der Waals surface area contributed by atoms with Crippen LogP contribution in [0.3, 0.4) is 0 Å². The second-order valence-corrected chi connectivity index (χ2v) is 5.10. The molecule has 0 saturated carbocycles. The Kier molecular flexibility index (Phi) is 4.24. The van der Waals surface area contributed by atoms with Crippen molar-refractivity contribution in [2.75, 3.05) is 19.7 Å². The maximum absolute atomic E-state index is 9.02. The highest BCUT2D eigenvalue weighted by molar-refractivity contribution is 6.58. The van der Waals surface area contributed by atoms with Gasteiger partial charge in [-0.3, -0.25) is 4.90 Å². The van der Waals surface area contributed by atoms with Gasteiger partial charge in [-0.2, -0.15) is 0 Å². The molecule has 0 aliphatic carbocycles. The summed E-state index contributed by atoms with van der Waals surface area (Å²) in [4.78, 5) is 6.65. The summed E-state index contributed by atoms with van der Waals surface area (Å²) in [5, 5.41) is 18.0. The first-order valence-electron chi connectivity index (χ1n) is 7.03. The SMILES string of the molecule is OB(O)c1ccc(OCCN2CCn3ccnc3C2)cc1. The first-order chi connectivity index (χ1) is 10.2. The van der Waals surface area contributed by atoms with Crippen LogP contribution in [-0.2, 0) is 13.1 Å². The molecule has 3 rings (SSSR count). The molecule has 2 heterocycles. The lowest BCUT2D eigenvalue weighted by molar-refractivity contribution is 0.175. The molecule has 1 aromatic carbocycles. The van der Waals surface area contributed by atoms with Crippen LogP contribution in [0.5, 0.6) is 5.75 Å². The Hall–Kier alpha value is -1.83. The Bertz CT molecular complexity index is 585. The Morgan fingerprint density at radius 3 is 2.76 bits per heavy atom. The molecular formula is C14H18BN3O3. The molecule has 0 amide bonds. The summed E-state index contributed by atoms with van der Waals surface area (Å²) in [5.74, 6) is 1.83. The van der Waals surface area contributed by atoms with Crippen molar-refractivity contribution in [3.8, 4) is 5.75 Å². The number of ether oxygens (including phenoxy) is 1. The summed E-state index contributed by atoms with van der Waals surface area (Å²) in [7, 11) is -1.43. The minimum atomic E-state index is -1.43. The molecule has 21 heavy (non-hydrogen) atoms. The van der Waals surface area contributed by atoms with Gasteiger partial charge in [0.2, 0.25) is 0 Å². The van der Waals surface area contributed by atoms with E-state index >= 15 is 0 Å². The molecule has 0 atom stereocenters. The molecule has 110 valence electrons. The lowest BCUT2D eigenvalue weighted by atomic mass is 9.80. The van der Waals surface area contributed by atoms with Gasteiger partial charge in [0, 0.05) is 32.0 Å². The zero-order valence-corrected chi connectivity index (χ0v) is 11.7. The molecule has 2 aromatic rings. The molecule has 6 nitrogen and oxygen atoms in total. The van der Waals surface area contributed by atoms with Gasteiger partial charge in [-0.05, 0) is 17.6 Å². The Morgan fingerprint density at radius 2 is 2.00 bits per heavy atom. The molecule has 0 saturated heterocycles. The summed E-state index contributed by atoms with van der Waals surface area (Å²) in [5.41, 5.74) is 0.463. The first kappa shape index (κ1) is 14.1. The van der Waals surface area contributed by atoms with E-state index in [1.54, 1.807) is 24.3 Å². The standard InChI is InChI=1S/C14H18BN3O3/c19-15(20)12-1-3-13(4-2-12)21-10-9-17-7-8-18-6-5-16-14(18)11-17/h1-6,19-20H,7-11H2. The number of hydrogen-bond acceptors (Lipinski definition) is 5. The van der Waals surface area contributed by atoms with Crippen LogP contribution in [0.2, 0.25) is 0 Å². The number of nitrogens with zero attached hydrogens (tertiary/aromatic N) is 3. The van der Waals surface area contributed by atoms with Gasteiger partial charge in [0.1, 0.15) is 18.2 Å². The lowest BCUT2D eigenvalue weighted by Gasteiger charge is -2.27. The average molecular weight is 287 g/mol. The second-order valence-electron chi connectivity index (χ2n) is 5.10. The molecule has 0 bridgehead atoms. The van der Waals surface area contributed by atoms with Gasteiger partial charge in [-0.25, -0.2) is 4.98 Å². The van der Waals surface area contributed by atoms with E-state index < -0.39 is 7.12 Å². The fraction of sp³-hybridized carbons (Fsp3) is 0.357. The number of fused-ring (bicyclic) bond motifs is 1. The molecular weight excluding hydrogens is 269 g/mol. The Morgan fingerprint density at radius 1 is 1.19 bits per heavy atom. The summed E-state index contributed by atoms with van der Waals surface area (Å²) in [6.45, 7) is 4.27. The van der Waals surface area contributed by atoms with Gasteiger partial charge in [0.05, 0.1) is 6.54 Å². The monoisotopic (exact) mass is 287 g/mol. The predicted molar refractivity (Wildman–Crippen MR) is 79.3 cm³/mol. The van der Waals surface area contributed by atoms with Crippen molar-refractivity contribution in [3.05, 3.63) is 42.5 Å². The van der Waals surface area contributed by atoms with Crippen LogP contribution in [0.1, 0.15) is 5.82 Å². The van der Waals surface area contributed by atoms with E-state index in [9.17, 15) is 0 Å². The average Bonchev–Trinajstić information content (AvgIpc) is 2.95. The first-order valence-corrected chi connectivity index (χ1v) is 7.03. The maximum Gasteiger partial charge on any atom is 0.488 e. The van der Waals surface area contributed by atoms with Gasteiger partial charge in [0.15, 0.2) is 0 Å². The largest absolute Gasteiger partial charge is 0.492 e. The van der Waals surface area contributed by atoms with E-state index in [0.29, 0.717) is 12.1 Å². The van der Waals surface area contributed by atoms with Crippen molar-refractivity contribution in [1.82, 2.24) is 14.5 Å². The fourth-order valence-electron chi connectivity index (χ4n) is 2.44. The molecule has 1 aliphatic rings. The van der Waals surface area contributed by atoms with Crippen LogP contribution >= 0.6 is 0 Å². The van der Waals surface area contributed by atoms with Crippen LogP contribution in [0.25, 0.3) is 0 Å². The van der Waals surface area contributed by atoms with Crippen LogP contribution in [0.4, 0.5) is 0 Å². The third-order valence-electron chi connectivity index (χ3n) is 3.68. The van der Waals surface area contributed by atoms with Gasteiger partial charge in [0.25, 0.3) is 0 Å². The third-order valence-corrected chi connectivity index (χ3v) is 3.68. The highest BCUT2D eigenvalue weighted by Crippen LogP contribution is 2.11. The van der Waals surface area contributed by atoms with Crippen molar-refractivity contribution in [3.63, 3.8) is 0 Å². The van der Waals surface area contributed by atoms with Crippen LogP contribution in [0.15, 0.2) is 36.7 Å². The van der Waals surface area contributed by atoms with Crippen molar-refractivity contribution in [2.24, 2.45) is 0 Å². The van der Waals surface area contributed by atoms with E-state index in [1.165, 1.54) is 0 Å². The van der Waals surface area contributed by atoms with Crippen LogP contribution in [-0.4, -0.2) is 51.3 Å². The van der Waals surface area contributed by atoms with E-state index in [4.69, 9.17) is 14.8 Å². The van der Waals surface area contributed by atoms with E-state index in [1.807, 2.05) is 12.4 Å². The van der Waals surface area contributed by atoms with Crippen LogP contribution < -0.4 is 10.2 Å². The molecule has 7 heteroatoms. The van der Waals surface area contributed by atoms with Crippen molar-refractivity contribution < 1.29 is 14.8 Å². The van der Waals surface area contributed by atoms with Crippen molar-refractivity contribution in [2.45, 2.75) is 13.1 Å². The Labute approximate surface area is 123 Å². The summed E-state index contributed by atoms with van der Waals surface area (Å²) in [6, 6.07) is 6.80. The second kappa shape index (κ2) is 6.30. The normalized spacial score (nSPS) is 14.8.